The van der Waals surface area contributed by atoms with Gasteiger partial charge in [-0.1, -0.05) is 5.21 Å². The Labute approximate surface area is 124 Å². The number of hydrogen-bond donors (Lipinski definition) is 1. The van der Waals surface area contributed by atoms with E-state index >= 15 is 0 Å². The molecule has 1 aromatic heterocycles. The first-order valence-electron chi connectivity index (χ1n) is 7.31. The van der Waals surface area contributed by atoms with Crippen molar-refractivity contribution < 1.29 is 9.53 Å². The monoisotopic (exact) mass is 296 g/mol. The van der Waals surface area contributed by atoms with Crippen LogP contribution in [0.1, 0.15) is 12.1 Å². The summed E-state index contributed by atoms with van der Waals surface area (Å²) in [6.07, 6.45) is 2.71. The van der Waals surface area contributed by atoms with Crippen LogP contribution in [0, 0.1) is 0 Å². The molecule has 0 saturated carbocycles. The van der Waals surface area contributed by atoms with Gasteiger partial charge in [-0.3, -0.25) is 9.69 Å². The molecule has 0 unspecified atom stereocenters. The molecule has 1 aliphatic rings. The fraction of sp³-hybridized carbons (Fsp3) is 0.769. The third kappa shape index (κ3) is 4.76. The lowest BCUT2D eigenvalue weighted by Gasteiger charge is -2.21. The summed E-state index contributed by atoms with van der Waals surface area (Å²) in [6.45, 7) is 5.66. The number of hydrogen-bond acceptors (Lipinski definition) is 6. The third-order valence-electron chi connectivity index (χ3n) is 3.65. The molecule has 0 radical (unpaired) electrons. The van der Waals surface area contributed by atoms with Crippen LogP contribution < -0.4 is 5.73 Å². The number of amides is 1. The molecule has 0 spiro atoms. The molecule has 0 atom stereocenters. The molecule has 2 heterocycles. The first-order valence-corrected chi connectivity index (χ1v) is 7.31. The van der Waals surface area contributed by atoms with Crippen molar-refractivity contribution in [1.82, 2.24) is 24.8 Å². The predicted octanol–water partition coefficient (Wildman–Crippen LogP) is -1.08. The van der Waals surface area contributed by atoms with Crippen molar-refractivity contribution in [3.63, 3.8) is 0 Å². The molecule has 0 aromatic carbocycles. The largest absolute Gasteiger partial charge is 0.383 e. The Bertz CT molecular complexity index is 450. The van der Waals surface area contributed by atoms with Crippen molar-refractivity contribution in [1.29, 1.82) is 0 Å². The van der Waals surface area contributed by atoms with Gasteiger partial charge in [0.1, 0.15) is 6.54 Å². The first kappa shape index (κ1) is 15.9. The first-order chi connectivity index (χ1) is 10.2. The van der Waals surface area contributed by atoms with E-state index in [1.807, 2.05) is 4.90 Å². The summed E-state index contributed by atoms with van der Waals surface area (Å²) in [6, 6.07) is 0. The number of rotatable bonds is 6. The van der Waals surface area contributed by atoms with E-state index in [1.54, 1.807) is 18.0 Å². The zero-order chi connectivity index (χ0) is 15.1. The maximum atomic E-state index is 12.3. The molecule has 8 nitrogen and oxygen atoms in total. The Balaban J connectivity index is 1.82. The minimum atomic E-state index is 0.0806. The van der Waals surface area contributed by atoms with E-state index < -0.39 is 0 Å². The molecule has 1 aromatic rings. The van der Waals surface area contributed by atoms with Gasteiger partial charge in [-0.25, -0.2) is 4.68 Å². The smallest absolute Gasteiger partial charge is 0.244 e. The average Bonchev–Trinajstić information content (AvgIpc) is 2.81. The number of nitrogens with zero attached hydrogens (tertiary/aromatic N) is 5. The van der Waals surface area contributed by atoms with Gasteiger partial charge in [-0.2, -0.15) is 0 Å². The molecule has 2 N–H and O–H groups in total. The Morgan fingerprint density at radius 3 is 2.95 bits per heavy atom. The molecule has 2 rings (SSSR count). The SMILES string of the molecule is COCCN1CCCN(C(=O)Cn2cc(CN)nn2)CC1. The lowest BCUT2D eigenvalue weighted by molar-refractivity contribution is -0.131. The van der Waals surface area contributed by atoms with E-state index in [1.165, 1.54) is 0 Å². The number of methoxy groups -OCH3 is 1. The lowest BCUT2D eigenvalue weighted by Crippen LogP contribution is -2.37. The average molecular weight is 296 g/mol. The Morgan fingerprint density at radius 2 is 2.24 bits per heavy atom. The lowest BCUT2D eigenvalue weighted by atomic mass is 10.3. The summed E-state index contributed by atoms with van der Waals surface area (Å²) >= 11 is 0. The predicted molar refractivity (Wildman–Crippen MR) is 77.4 cm³/mol. The van der Waals surface area contributed by atoms with Crippen LogP contribution in [0.25, 0.3) is 0 Å². The van der Waals surface area contributed by atoms with Crippen LogP contribution in [0.2, 0.25) is 0 Å². The van der Waals surface area contributed by atoms with E-state index in [0.29, 0.717) is 12.2 Å². The van der Waals surface area contributed by atoms with E-state index in [9.17, 15) is 4.79 Å². The van der Waals surface area contributed by atoms with Crippen LogP contribution in [0.3, 0.4) is 0 Å². The zero-order valence-electron chi connectivity index (χ0n) is 12.6. The summed E-state index contributed by atoms with van der Waals surface area (Å²) in [7, 11) is 1.71. The Hall–Kier alpha value is -1.51. The topological polar surface area (TPSA) is 89.5 Å². The molecule has 0 aliphatic carbocycles. The minimum Gasteiger partial charge on any atom is -0.383 e. The van der Waals surface area contributed by atoms with Gasteiger partial charge >= 0.3 is 0 Å². The molecule has 1 saturated heterocycles. The summed E-state index contributed by atoms with van der Waals surface area (Å²) in [5.41, 5.74) is 6.18. The number of carbonyl (C=O) groups excluding carboxylic acids is 1. The summed E-state index contributed by atoms with van der Waals surface area (Å²) in [4.78, 5) is 16.5. The van der Waals surface area contributed by atoms with Gasteiger partial charge in [0.2, 0.25) is 5.91 Å². The van der Waals surface area contributed by atoms with Crippen LogP contribution in [-0.2, 0) is 22.6 Å². The van der Waals surface area contributed by atoms with Crippen molar-refractivity contribution in [2.24, 2.45) is 5.73 Å². The van der Waals surface area contributed by atoms with Gasteiger partial charge in [0.25, 0.3) is 0 Å². The van der Waals surface area contributed by atoms with Crippen LogP contribution >= 0.6 is 0 Å². The van der Waals surface area contributed by atoms with E-state index in [2.05, 4.69) is 15.2 Å². The van der Waals surface area contributed by atoms with Gasteiger partial charge in [-0.05, 0) is 13.0 Å². The highest BCUT2D eigenvalue weighted by Gasteiger charge is 2.19. The molecule has 1 fully saturated rings. The third-order valence-corrected chi connectivity index (χ3v) is 3.65. The maximum Gasteiger partial charge on any atom is 0.244 e. The van der Waals surface area contributed by atoms with Gasteiger partial charge in [0.05, 0.1) is 18.5 Å². The molecule has 1 amide bonds. The number of carbonyl (C=O) groups is 1. The standard InChI is InChI=1S/C13H24N6O2/c1-21-8-7-17-3-2-4-18(6-5-17)13(20)11-19-10-12(9-14)15-16-19/h10H,2-9,11,14H2,1H3. The van der Waals surface area contributed by atoms with Gasteiger partial charge in [-0.15, -0.1) is 5.10 Å². The van der Waals surface area contributed by atoms with Crippen molar-refractivity contribution in [2.75, 3.05) is 46.4 Å². The van der Waals surface area contributed by atoms with Crippen molar-refractivity contribution in [3.05, 3.63) is 11.9 Å². The Kier molecular flexibility index (Phi) is 6.09. The second kappa shape index (κ2) is 8.06. The highest BCUT2D eigenvalue weighted by atomic mass is 16.5. The summed E-state index contributed by atoms with van der Waals surface area (Å²) < 4.78 is 6.65. The molecule has 8 heteroatoms. The fourth-order valence-electron chi connectivity index (χ4n) is 2.41. The molecular formula is C13H24N6O2. The minimum absolute atomic E-state index is 0.0806. The van der Waals surface area contributed by atoms with Crippen molar-refractivity contribution in [3.8, 4) is 0 Å². The quantitative estimate of drug-likeness (QED) is 0.718. The van der Waals surface area contributed by atoms with Gasteiger partial charge in [0.15, 0.2) is 0 Å². The zero-order valence-corrected chi connectivity index (χ0v) is 12.6. The van der Waals surface area contributed by atoms with Crippen LogP contribution in [0.4, 0.5) is 0 Å². The number of aromatic nitrogens is 3. The maximum absolute atomic E-state index is 12.3. The van der Waals surface area contributed by atoms with Crippen LogP contribution in [-0.4, -0.2) is 77.1 Å². The molecule has 0 bridgehead atoms. The second-order valence-corrected chi connectivity index (χ2v) is 5.18. The van der Waals surface area contributed by atoms with Gasteiger partial charge in [0, 0.05) is 39.8 Å². The second-order valence-electron chi connectivity index (χ2n) is 5.18. The molecule has 118 valence electrons. The number of ether oxygens (including phenoxy) is 1. The van der Waals surface area contributed by atoms with Gasteiger partial charge < -0.3 is 15.4 Å². The van der Waals surface area contributed by atoms with E-state index in [0.717, 1.165) is 45.8 Å². The van der Waals surface area contributed by atoms with E-state index in [4.69, 9.17) is 10.5 Å². The van der Waals surface area contributed by atoms with E-state index in [-0.39, 0.29) is 12.5 Å². The number of nitrogens with two attached hydrogens (primary N) is 1. The summed E-state index contributed by atoms with van der Waals surface area (Å²) in [5.74, 6) is 0.0806. The van der Waals surface area contributed by atoms with Crippen molar-refractivity contribution >= 4 is 5.91 Å². The molecule has 1 aliphatic heterocycles. The highest BCUT2D eigenvalue weighted by molar-refractivity contribution is 5.75. The van der Waals surface area contributed by atoms with Crippen LogP contribution in [0.5, 0.6) is 0 Å². The highest BCUT2D eigenvalue weighted by Crippen LogP contribution is 2.04. The Morgan fingerprint density at radius 1 is 1.38 bits per heavy atom. The van der Waals surface area contributed by atoms with Crippen LogP contribution in [0.15, 0.2) is 6.20 Å². The summed E-state index contributed by atoms with van der Waals surface area (Å²) in [5, 5.41) is 7.81. The normalized spacial score (nSPS) is 17.0. The molecule has 21 heavy (non-hydrogen) atoms. The molecular weight excluding hydrogens is 272 g/mol. The van der Waals surface area contributed by atoms with Crippen molar-refractivity contribution in [2.45, 2.75) is 19.5 Å². The fourth-order valence-corrected chi connectivity index (χ4v) is 2.41.